The standard InChI is InChI=1S/C13H8F2N2O/c1-8-2-3-9(7-16)13(17-8)18-12-5-4-10(14)6-11(12)15/h2-6H,1H3. The van der Waals surface area contributed by atoms with E-state index in [9.17, 15) is 8.78 Å². The molecule has 0 saturated heterocycles. The molecule has 0 aliphatic rings. The van der Waals surface area contributed by atoms with E-state index in [1.54, 1.807) is 13.0 Å². The third-order valence-corrected chi connectivity index (χ3v) is 2.22. The van der Waals surface area contributed by atoms with Crippen LogP contribution in [0.4, 0.5) is 8.78 Å². The van der Waals surface area contributed by atoms with Gasteiger partial charge < -0.3 is 4.74 Å². The van der Waals surface area contributed by atoms with Gasteiger partial charge in [0.05, 0.1) is 0 Å². The van der Waals surface area contributed by atoms with Crippen LogP contribution in [0.2, 0.25) is 0 Å². The molecule has 0 aliphatic carbocycles. The molecule has 0 saturated carbocycles. The molecule has 0 radical (unpaired) electrons. The molecule has 0 unspecified atom stereocenters. The van der Waals surface area contributed by atoms with Gasteiger partial charge in [0, 0.05) is 11.8 Å². The fourth-order valence-corrected chi connectivity index (χ4v) is 1.36. The van der Waals surface area contributed by atoms with Gasteiger partial charge in [0.2, 0.25) is 5.88 Å². The van der Waals surface area contributed by atoms with Crippen molar-refractivity contribution in [3.8, 4) is 17.7 Å². The van der Waals surface area contributed by atoms with Crippen LogP contribution < -0.4 is 4.74 Å². The van der Waals surface area contributed by atoms with E-state index in [4.69, 9.17) is 10.00 Å². The first-order valence-electron chi connectivity index (χ1n) is 5.11. The lowest BCUT2D eigenvalue weighted by molar-refractivity contribution is 0.421. The van der Waals surface area contributed by atoms with Crippen LogP contribution in [0.1, 0.15) is 11.3 Å². The number of nitrogens with zero attached hydrogens (tertiary/aromatic N) is 2. The van der Waals surface area contributed by atoms with Crippen LogP contribution in [0.3, 0.4) is 0 Å². The minimum atomic E-state index is -0.845. The number of aryl methyl sites for hydroxylation is 1. The summed E-state index contributed by atoms with van der Waals surface area (Å²) in [5.41, 5.74) is 0.816. The Morgan fingerprint density at radius 3 is 2.67 bits per heavy atom. The topological polar surface area (TPSA) is 45.9 Å². The Hall–Kier alpha value is -2.48. The van der Waals surface area contributed by atoms with Gasteiger partial charge in [0.1, 0.15) is 17.4 Å². The Labute approximate surface area is 102 Å². The van der Waals surface area contributed by atoms with Gasteiger partial charge in [-0.05, 0) is 31.2 Å². The average Bonchev–Trinajstić information content (AvgIpc) is 2.33. The number of aromatic nitrogens is 1. The van der Waals surface area contributed by atoms with E-state index in [-0.39, 0.29) is 17.2 Å². The number of rotatable bonds is 2. The minimum Gasteiger partial charge on any atom is -0.435 e. The zero-order valence-electron chi connectivity index (χ0n) is 9.45. The summed E-state index contributed by atoms with van der Waals surface area (Å²) in [7, 11) is 0. The van der Waals surface area contributed by atoms with Crippen molar-refractivity contribution in [2.45, 2.75) is 6.92 Å². The van der Waals surface area contributed by atoms with Gasteiger partial charge >= 0.3 is 0 Å². The van der Waals surface area contributed by atoms with Gasteiger partial charge in [-0.2, -0.15) is 5.26 Å². The van der Waals surface area contributed by atoms with Crippen LogP contribution in [0, 0.1) is 29.9 Å². The van der Waals surface area contributed by atoms with E-state index in [1.165, 1.54) is 6.07 Å². The van der Waals surface area contributed by atoms with Gasteiger partial charge in [-0.15, -0.1) is 0 Å². The summed E-state index contributed by atoms with van der Waals surface area (Å²) < 4.78 is 31.3. The maximum absolute atomic E-state index is 13.4. The number of halogens is 2. The highest BCUT2D eigenvalue weighted by molar-refractivity contribution is 5.41. The molecule has 0 N–H and O–H groups in total. The molecule has 1 aromatic carbocycles. The van der Waals surface area contributed by atoms with Gasteiger partial charge in [0.15, 0.2) is 11.6 Å². The van der Waals surface area contributed by atoms with Crippen LogP contribution in [-0.2, 0) is 0 Å². The summed E-state index contributed by atoms with van der Waals surface area (Å²) in [6, 6.07) is 7.99. The number of pyridine rings is 1. The molecule has 3 nitrogen and oxygen atoms in total. The zero-order valence-corrected chi connectivity index (χ0v) is 9.45. The highest BCUT2D eigenvalue weighted by Crippen LogP contribution is 2.26. The first-order chi connectivity index (χ1) is 8.60. The molecular formula is C13H8F2N2O. The molecule has 0 atom stereocenters. The predicted octanol–water partition coefficient (Wildman–Crippen LogP) is 3.33. The van der Waals surface area contributed by atoms with Gasteiger partial charge in [-0.1, -0.05) is 0 Å². The van der Waals surface area contributed by atoms with Crippen molar-refractivity contribution in [1.29, 1.82) is 5.26 Å². The monoisotopic (exact) mass is 246 g/mol. The van der Waals surface area contributed by atoms with Crippen molar-refractivity contribution in [2.75, 3.05) is 0 Å². The van der Waals surface area contributed by atoms with Crippen molar-refractivity contribution >= 4 is 0 Å². The summed E-state index contributed by atoms with van der Waals surface area (Å²) in [6.45, 7) is 1.72. The Morgan fingerprint density at radius 2 is 2.00 bits per heavy atom. The molecule has 1 heterocycles. The van der Waals surface area contributed by atoms with Crippen LogP contribution >= 0.6 is 0 Å². The molecule has 0 aliphatic heterocycles. The fourth-order valence-electron chi connectivity index (χ4n) is 1.36. The normalized spacial score (nSPS) is 9.89. The van der Waals surface area contributed by atoms with E-state index >= 15 is 0 Å². The quantitative estimate of drug-likeness (QED) is 0.816. The first kappa shape index (κ1) is 12.0. The van der Waals surface area contributed by atoms with E-state index in [0.717, 1.165) is 12.1 Å². The summed E-state index contributed by atoms with van der Waals surface area (Å²) in [6.07, 6.45) is 0. The maximum atomic E-state index is 13.4. The fraction of sp³-hybridized carbons (Fsp3) is 0.0769. The Balaban J connectivity index is 2.40. The highest BCUT2D eigenvalue weighted by atomic mass is 19.1. The zero-order chi connectivity index (χ0) is 13.1. The molecule has 0 bridgehead atoms. The summed E-state index contributed by atoms with van der Waals surface area (Å²) in [5, 5.41) is 8.88. The van der Waals surface area contributed by atoms with Gasteiger partial charge in [-0.25, -0.2) is 13.8 Å². The largest absolute Gasteiger partial charge is 0.435 e. The highest BCUT2D eigenvalue weighted by Gasteiger charge is 2.11. The molecule has 90 valence electrons. The van der Waals surface area contributed by atoms with E-state index in [0.29, 0.717) is 11.8 Å². The lowest BCUT2D eigenvalue weighted by Gasteiger charge is -2.07. The molecule has 2 aromatic rings. The number of hydrogen-bond acceptors (Lipinski definition) is 3. The van der Waals surface area contributed by atoms with Crippen molar-refractivity contribution < 1.29 is 13.5 Å². The number of ether oxygens (including phenoxy) is 1. The average molecular weight is 246 g/mol. The van der Waals surface area contributed by atoms with E-state index in [1.807, 2.05) is 6.07 Å². The Morgan fingerprint density at radius 1 is 1.22 bits per heavy atom. The maximum Gasteiger partial charge on any atom is 0.237 e. The summed E-state index contributed by atoms with van der Waals surface area (Å²) in [4.78, 5) is 4.00. The number of hydrogen-bond donors (Lipinski definition) is 0. The van der Waals surface area contributed by atoms with Crippen molar-refractivity contribution in [1.82, 2.24) is 4.98 Å². The van der Waals surface area contributed by atoms with Crippen LogP contribution in [0.5, 0.6) is 11.6 Å². The molecule has 18 heavy (non-hydrogen) atoms. The second-order valence-corrected chi connectivity index (χ2v) is 3.59. The number of nitriles is 1. The Kier molecular flexibility index (Phi) is 3.20. The third-order valence-electron chi connectivity index (χ3n) is 2.22. The van der Waals surface area contributed by atoms with Crippen molar-refractivity contribution in [3.63, 3.8) is 0 Å². The lowest BCUT2D eigenvalue weighted by atomic mass is 10.2. The van der Waals surface area contributed by atoms with Crippen LogP contribution in [0.15, 0.2) is 30.3 Å². The van der Waals surface area contributed by atoms with E-state index < -0.39 is 11.6 Å². The first-order valence-corrected chi connectivity index (χ1v) is 5.11. The SMILES string of the molecule is Cc1ccc(C#N)c(Oc2ccc(F)cc2F)n1. The molecule has 0 spiro atoms. The van der Waals surface area contributed by atoms with Crippen molar-refractivity contribution in [2.24, 2.45) is 0 Å². The Bertz CT molecular complexity index is 635. The van der Waals surface area contributed by atoms with Crippen LogP contribution in [0.25, 0.3) is 0 Å². The second-order valence-electron chi connectivity index (χ2n) is 3.59. The second kappa shape index (κ2) is 4.80. The van der Waals surface area contributed by atoms with Gasteiger partial charge in [-0.3, -0.25) is 0 Å². The van der Waals surface area contributed by atoms with Crippen LogP contribution in [-0.4, -0.2) is 4.98 Å². The molecule has 1 aromatic heterocycles. The molecule has 0 amide bonds. The van der Waals surface area contributed by atoms with Crippen molar-refractivity contribution in [3.05, 3.63) is 53.2 Å². The predicted molar refractivity (Wildman–Crippen MR) is 60.1 cm³/mol. The molecule has 0 fully saturated rings. The van der Waals surface area contributed by atoms with E-state index in [2.05, 4.69) is 4.98 Å². The lowest BCUT2D eigenvalue weighted by Crippen LogP contribution is -1.96. The molecule has 2 rings (SSSR count). The smallest absolute Gasteiger partial charge is 0.237 e. The summed E-state index contributed by atoms with van der Waals surface area (Å²) >= 11 is 0. The molecule has 5 heteroatoms. The third kappa shape index (κ3) is 2.43. The number of benzene rings is 1. The molecular weight excluding hydrogens is 238 g/mol. The van der Waals surface area contributed by atoms with Gasteiger partial charge in [0.25, 0.3) is 0 Å². The minimum absolute atomic E-state index is 0.00279. The summed E-state index contributed by atoms with van der Waals surface area (Å²) in [5.74, 6) is -1.71.